The third-order valence-corrected chi connectivity index (χ3v) is 7.55. The maximum Gasteiger partial charge on any atom is 0.247 e. The Morgan fingerprint density at radius 1 is 1.15 bits per heavy atom. The van der Waals surface area contributed by atoms with E-state index in [-0.39, 0.29) is 38.6 Å². The van der Waals surface area contributed by atoms with Crippen molar-refractivity contribution in [2.75, 3.05) is 33.9 Å². The van der Waals surface area contributed by atoms with Crippen LogP contribution in [0.25, 0.3) is 0 Å². The Bertz CT molecular complexity index is 1290. The minimum Gasteiger partial charge on any atom is -0.496 e. The second-order valence-electron chi connectivity index (χ2n) is 9.99. The molecule has 0 radical (unpaired) electrons. The highest BCUT2D eigenvalue weighted by atomic mass is 16.5. The number of hydrogen-bond donors (Lipinski definition) is 4. The normalized spacial score (nSPS) is 20.7. The number of aliphatic hydroxyl groups is 3. The molecule has 2 amide bonds. The van der Waals surface area contributed by atoms with Gasteiger partial charge in [0.05, 0.1) is 39.4 Å². The minimum atomic E-state index is -1.19. The van der Waals surface area contributed by atoms with Gasteiger partial charge in [-0.15, -0.1) is 6.58 Å². The van der Waals surface area contributed by atoms with Crippen LogP contribution in [0.3, 0.4) is 0 Å². The molecule has 0 fully saturated rings. The molecule has 4 rings (SSSR count). The number of benzene rings is 2. The molecule has 220 valence electrons. The smallest absolute Gasteiger partial charge is 0.247 e. The van der Waals surface area contributed by atoms with Crippen LogP contribution in [0.5, 0.6) is 17.2 Å². The Morgan fingerprint density at radius 3 is 2.59 bits per heavy atom. The third kappa shape index (κ3) is 6.24. The van der Waals surface area contributed by atoms with Gasteiger partial charge in [0.15, 0.2) is 11.5 Å². The third-order valence-electron chi connectivity index (χ3n) is 7.55. The molecule has 4 atom stereocenters. The molecule has 0 spiro atoms. The van der Waals surface area contributed by atoms with Crippen molar-refractivity contribution in [2.24, 2.45) is 0 Å². The number of allylic oxidation sites excluding steroid dienone is 1. The van der Waals surface area contributed by atoms with Crippen LogP contribution in [-0.4, -0.2) is 84.2 Å². The van der Waals surface area contributed by atoms with Crippen LogP contribution in [0, 0.1) is 0 Å². The SMILES string of the molecule is C=CCCC(=O)N(CCc1ccccc1OC)C1C=C(C(=O)NCCO)C2c3cc(CO)cc(OC)c3OC2C1O. The van der Waals surface area contributed by atoms with Crippen LogP contribution in [-0.2, 0) is 22.6 Å². The summed E-state index contributed by atoms with van der Waals surface area (Å²) < 4.78 is 17.3. The zero-order chi connectivity index (χ0) is 29.5. The van der Waals surface area contributed by atoms with Gasteiger partial charge in [0.25, 0.3) is 0 Å². The van der Waals surface area contributed by atoms with Gasteiger partial charge >= 0.3 is 0 Å². The fourth-order valence-corrected chi connectivity index (χ4v) is 5.58. The Kier molecular flexibility index (Phi) is 10.0. The fraction of sp³-hybridized carbons (Fsp3) is 0.419. The number of aliphatic hydroxyl groups excluding tert-OH is 3. The number of fused-ring (bicyclic) bond motifs is 3. The van der Waals surface area contributed by atoms with Crippen LogP contribution in [0.15, 0.2) is 60.7 Å². The second kappa shape index (κ2) is 13.7. The summed E-state index contributed by atoms with van der Waals surface area (Å²) >= 11 is 0. The van der Waals surface area contributed by atoms with Crippen molar-refractivity contribution in [3.63, 3.8) is 0 Å². The van der Waals surface area contributed by atoms with E-state index < -0.39 is 30.1 Å². The summed E-state index contributed by atoms with van der Waals surface area (Å²) in [6.45, 7) is 3.51. The van der Waals surface area contributed by atoms with E-state index in [4.69, 9.17) is 14.2 Å². The number of ether oxygens (including phenoxy) is 3. The molecule has 1 aliphatic heterocycles. The lowest BCUT2D eigenvalue weighted by Crippen LogP contribution is -2.56. The molecule has 1 aliphatic carbocycles. The minimum absolute atomic E-state index is 0.0320. The lowest BCUT2D eigenvalue weighted by molar-refractivity contribution is -0.137. The number of hydrogen-bond acceptors (Lipinski definition) is 8. The Morgan fingerprint density at radius 2 is 1.90 bits per heavy atom. The lowest BCUT2D eigenvalue weighted by atomic mass is 9.77. The Balaban J connectivity index is 1.77. The highest BCUT2D eigenvalue weighted by Gasteiger charge is 2.51. The highest BCUT2D eigenvalue weighted by molar-refractivity contribution is 5.96. The first-order valence-electron chi connectivity index (χ1n) is 13.7. The number of nitrogens with zero attached hydrogens (tertiary/aromatic N) is 1. The molecular weight excluding hydrogens is 528 g/mol. The lowest BCUT2D eigenvalue weighted by Gasteiger charge is -2.41. The van der Waals surface area contributed by atoms with Gasteiger partial charge in [-0.1, -0.05) is 24.3 Å². The average Bonchev–Trinajstić information content (AvgIpc) is 3.39. The predicted octanol–water partition coefficient (Wildman–Crippen LogP) is 1.86. The van der Waals surface area contributed by atoms with Gasteiger partial charge in [0, 0.05) is 30.6 Å². The van der Waals surface area contributed by atoms with Crippen molar-refractivity contribution in [1.82, 2.24) is 10.2 Å². The van der Waals surface area contributed by atoms with Gasteiger partial charge in [-0.05, 0) is 48.2 Å². The van der Waals surface area contributed by atoms with Crippen LogP contribution in [0.1, 0.15) is 35.4 Å². The van der Waals surface area contributed by atoms with Crippen LogP contribution >= 0.6 is 0 Å². The first-order valence-corrected chi connectivity index (χ1v) is 13.7. The number of methoxy groups -OCH3 is 2. The molecular formula is C31H38N2O8. The highest BCUT2D eigenvalue weighted by Crippen LogP contribution is 2.51. The summed E-state index contributed by atoms with van der Waals surface area (Å²) in [5, 5.41) is 33.6. The van der Waals surface area contributed by atoms with E-state index in [0.29, 0.717) is 46.8 Å². The number of amides is 2. The molecule has 2 aromatic carbocycles. The van der Waals surface area contributed by atoms with Gasteiger partial charge in [-0.25, -0.2) is 0 Å². The summed E-state index contributed by atoms with van der Waals surface area (Å²) in [5.74, 6) is 0.0999. The summed E-state index contributed by atoms with van der Waals surface area (Å²) in [4.78, 5) is 28.6. The van der Waals surface area contributed by atoms with Crippen LogP contribution in [0.2, 0.25) is 0 Å². The first kappa shape index (κ1) is 30.1. The number of rotatable bonds is 13. The summed E-state index contributed by atoms with van der Waals surface area (Å²) in [6, 6.07) is 10.0. The molecule has 4 N–H and O–H groups in total. The number of carbonyl (C=O) groups is 2. The van der Waals surface area contributed by atoms with Crippen molar-refractivity contribution in [1.29, 1.82) is 0 Å². The molecule has 0 saturated heterocycles. The molecule has 10 heteroatoms. The van der Waals surface area contributed by atoms with Gasteiger partial charge in [-0.3, -0.25) is 9.59 Å². The number of nitrogens with one attached hydrogen (secondary N) is 1. The summed E-state index contributed by atoms with van der Waals surface area (Å²) in [6.07, 6.45) is 2.29. The first-order chi connectivity index (χ1) is 19.9. The van der Waals surface area contributed by atoms with Crippen molar-refractivity contribution >= 4 is 11.8 Å². The maximum atomic E-state index is 13.5. The van der Waals surface area contributed by atoms with Gasteiger partial charge in [0.1, 0.15) is 18.0 Å². The topological polar surface area (TPSA) is 138 Å². The van der Waals surface area contributed by atoms with E-state index in [9.17, 15) is 24.9 Å². The Hall–Kier alpha value is -3.86. The average molecular weight is 567 g/mol. The molecule has 4 unspecified atom stereocenters. The second-order valence-corrected chi connectivity index (χ2v) is 9.99. The monoisotopic (exact) mass is 566 g/mol. The zero-order valence-electron chi connectivity index (χ0n) is 23.4. The van der Waals surface area contributed by atoms with Gasteiger partial charge in [-0.2, -0.15) is 0 Å². The molecule has 1 heterocycles. The van der Waals surface area contributed by atoms with E-state index in [1.807, 2.05) is 24.3 Å². The molecule has 10 nitrogen and oxygen atoms in total. The van der Waals surface area contributed by atoms with Crippen molar-refractivity contribution in [3.8, 4) is 17.2 Å². The molecule has 2 aliphatic rings. The zero-order valence-corrected chi connectivity index (χ0v) is 23.4. The number of para-hydroxylation sites is 1. The van der Waals surface area contributed by atoms with E-state index in [1.165, 1.54) is 7.11 Å². The van der Waals surface area contributed by atoms with Crippen molar-refractivity contribution in [2.45, 2.75) is 50.0 Å². The molecule has 0 aromatic heterocycles. The maximum absolute atomic E-state index is 13.5. The molecule has 2 aromatic rings. The van der Waals surface area contributed by atoms with Gasteiger partial charge in [0.2, 0.25) is 11.8 Å². The van der Waals surface area contributed by atoms with Gasteiger partial charge < -0.3 is 39.7 Å². The van der Waals surface area contributed by atoms with Crippen molar-refractivity contribution < 1.29 is 39.1 Å². The van der Waals surface area contributed by atoms with Crippen LogP contribution in [0.4, 0.5) is 0 Å². The van der Waals surface area contributed by atoms with E-state index in [2.05, 4.69) is 11.9 Å². The van der Waals surface area contributed by atoms with E-state index in [0.717, 1.165) is 5.56 Å². The molecule has 0 bridgehead atoms. The van der Waals surface area contributed by atoms with E-state index >= 15 is 0 Å². The largest absolute Gasteiger partial charge is 0.496 e. The van der Waals surface area contributed by atoms with Crippen LogP contribution < -0.4 is 19.5 Å². The molecule has 0 saturated carbocycles. The predicted molar refractivity (Wildman–Crippen MR) is 152 cm³/mol. The summed E-state index contributed by atoms with van der Waals surface area (Å²) in [5.41, 5.74) is 2.36. The molecule has 41 heavy (non-hydrogen) atoms. The van der Waals surface area contributed by atoms with E-state index in [1.54, 1.807) is 36.3 Å². The summed E-state index contributed by atoms with van der Waals surface area (Å²) in [7, 11) is 3.06. The fourth-order valence-electron chi connectivity index (χ4n) is 5.58. The Labute approximate surface area is 239 Å². The number of carbonyl (C=O) groups excluding carboxylic acids is 2. The van der Waals surface area contributed by atoms with Crippen molar-refractivity contribution in [3.05, 3.63) is 77.4 Å². The standard InChI is InChI=1S/C31H38N2O8/c1-4-5-10-26(36)33(13-11-20-8-6-7-9-24(20)39-2)23-17-22(31(38)32-12-14-34)27-21-15-19(18-35)16-25(40-3)29(21)41-30(27)28(23)37/h4,6-9,15-17,23,27-28,30,34-35,37H,1,5,10-14,18H2,2-3H3,(H,32,38). The quantitative estimate of drug-likeness (QED) is 0.270.